The number of amides is 1. The van der Waals surface area contributed by atoms with Crippen LogP contribution >= 0.6 is 11.3 Å². The van der Waals surface area contributed by atoms with Crippen LogP contribution in [0, 0.1) is 0 Å². The molecule has 1 fully saturated rings. The second-order valence-corrected chi connectivity index (χ2v) is 13.0. The first-order valence-electron chi connectivity index (χ1n) is 13.9. The highest BCUT2D eigenvalue weighted by Gasteiger charge is 2.33. The third kappa shape index (κ3) is 6.76. The highest BCUT2D eigenvalue weighted by Crippen LogP contribution is 2.38. The standard InChI is InChI=1S/C30H36N2O7S2/c1-37-23-9-11-24(12-10-23)41(35,36)32(15-17-33)16-18-38-29-20-22(26-21-40-28-8-4-3-7-25(26)28)19-27(39-29)30(34)31-13-5-2-6-14-31/h3-4,7-12,19,21-22,29,33H,2,5-6,13-18,20H2,1H3/t22-,29+/m1/s1. The molecule has 1 amide bonds. The number of fused-ring (bicyclic) bond motifs is 1. The van der Waals surface area contributed by atoms with Gasteiger partial charge in [0.1, 0.15) is 5.75 Å². The molecule has 1 aromatic heterocycles. The van der Waals surface area contributed by atoms with Crippen LogP contribution in [0.3, 0.4) is 0 Å². The first kappa shape index (κ1) is 29.5. The van der Waals surface area contributed by atoms with Gasteiger partial charge in [-0.05, 0) is 72.0 Å². The monoisotopic (exact) mass is 600 g/mol. The molecule has 2 aliphatic rings. The van der Waals surface area contributed by atoms with E-state index in [9.17, 15) is 18.3 Å². The molecule has 3 heterocycles. The summed E-state index contributed by atoms with van der Waals surface area (Å²) in [7, 11) is -2.36. The number of rotatable bonds is 11. The molecule has 2 aliphatic heterocycles. The lowest BCUT2D eigenvalue weighted by atomic mass is 9.92. The summed E-state index contributed by atoms with van der Waals surface area (Å²) >= 11 is 1.67. The van der Waals surface area contributed by atoms with E-state index in [-0.39, 0.29) is 48.8 Å². The van der Waals surface area contributed by atoms with Crippen molar-refractivity contribution < 1.29 is 32.5 Å². The highest BCUT2D eigenvalue weighted by atomic mass is 32.2. The molecule has 0 saturated carbocycles. The fraction of sp³-hybridized carbons (Fsp3) is 0.433. The van der Waals surface area contributed by atoms with Crippen LogP contribution in [0.4, 0.5) is 0 Å². The van der Waals surface area contributed by atoms with E-state index >= 15 is 0 Å². The number of benzene rings is 2. The molecular weight excluding hydrogens is 564 g/mol. The molecule has 11 heteroatoms. The van der Waals surface area contributed by atoms with Gasteiger partial charge in [-0.1, -0.05) is 18.2 Å². The van der Waals surface area contributed by atoms with Gasteiger partial charge in [-0.25, -0.2) is 8.42 Å². The minimum Gasteiger partial charge on any atom is -0.497 e. The van der Waals surface area contributed by atoms with Crippen molar-refractivity contribution in [2.24, 2.45) is 0 Å². The minimum atomic E-state index is -3.87. The summed E-state index contributed by atoms with van der Waals surface area (Å²) in [6.07, 6.45) is 4.73. The van der Waals surface area contributed by atoms with E-state index in [4.69, 9.17) is 14.2 Å². The van der Waals surface area contributed by atoms with Crippen LogP contribution in [0.2, 0.25) is 0 Å². The number of piperidine rings is 1. The molecule has 0 bridgehead atoms. The predicted molar refractivity (Wildman–Crippen MR) is 157 cm³/mol. The Morgan fingerprint density at radius 1 is 1.10 bits per heavy atom. The Morgan fingerprint density at radius 2 is 1.85 bits per heavy atom. The van der Waals surface area contributed by atoms with Crippen molar-refractivity contribution >= 4 is 37.4 Å². The molecule has 1 N–H and O–H groups in total. The fourth-order valence-electron chi connectivity index (χ4n) is 5.31. The first-order chi connectivity index (χ1) is 19.9. The van der Waals surface area contributed by atoms with E-state index < -0.39 is 16.3 Å². The van der Waals surface area contributed by atoms with Crippen LogP contribution in [0.15, 0.2) is 70.6 Å². The van der Waals surface area contributed by atoms with Crippen LogP contribution in [0.1, 0.15) is 37.2 Å². The van der Waals surface area contributed by atoms with Crippen molar-refractivity contribution in [2.75, 3.05) is 46.5 Å². The number of carbonyl (C=O) groups excluding carboxylic acids is 1. The quantitative estimate of drug-likeness (QED) is 0.349. The van der Waals surface area contributed by atoms with Crippen molar-refractivity contribution in [2.45, 2.75) is 42.8 Å². The van der Waals surface area contributed by atoms with Crippen molar-refractivity contribution in [3.63, 3.8) is 0 Å². The van der Waals surface area contributed by atoms with E-state index in [1.54, 1.807) is 23.5 Å². The number of sulfonamides is 1. The van der Waals surface area contributed by atoms with E-state index in [1.807, 2.05) is 23.1 Å². The lowest BCUT2D eigenvalue weighted by molar-refractivity contribution is -0.153. The lowest BCUT2D eigenvalue weighted by Crippen LogP contribution is -2.40. The van der Waals surface area contributed by atoms with E-state index in [0.29, 0.717) is 25.3 Å². The molecular formula is C30H36N2O7S2. The SMILES string of the molecule is COc1ccc(S(=O)(=O)N(CCO)CCO[C@@H]2C[C@H](c3csc4ccccc34)C=C(C(=O)N3CCCCC3)O2)cc1. The van der Waals surface area contributed by atoms with Gasteiger partial charge in [0.15, 0.2) is 5.76 Å². The summed E-state index contributed by atoms with van der Waals surface area (Å²) in [5.41, 5.74) is 1.12. The minimum absolute atomic E-state index is 0.0138. The topological polar surface area (TPSA) is 106 Å². The molecule has 5 rings (SSSR count). The Morgan fingerprint density at radius 3 is 2.59 bits per heavy atom. The predicted octanol–water partition coefficient (Wildman–Crippen LogP) is 4.34. The number of methoxy groups -OCH3 is 1. The molecule has 1 saturated heterocycles. The fourth-order valence-corrected chi connectivity index (χ4v) is 7.75. The van der Waals surface area contributed by atoms with Crippen LogP contribution < -0.4 is 4.74 Å². The second kappa shape index (κ2) is 13.3. The third-order valence-electron chi connectivity index (χ3n) is 7.51. The van der Waals surface area contributed by atoms with Crippen molar-refractivity contribution in [1.82, 2.24) is 9.21 Å². The zero-order valence-electron chi connectivity index (χ0n) is 23.1. The van der Waals surface area contributed by atoms with Gasteiger partial charge < -0.3 is 24.2 Å². The maximum absolute atomic E-state index is 13.4. The normalized spacial score (nSPS) is 19.7. The number of carbonyl (C=O) groups is 1. The lowest BCUT2D eigenvalue weighted by Gasteiger charge is -2.33. The summed E-state index contributed by atoms with van der Waals surface area (Å²) in [6, 6.07) is 14.3. The van der Waals surface area contributed by atoms with Crippen molar-refractivity contribution in [3.05, 3.63) is 71.3 Å². The van der Waals surface area contributed by atoms with Gasteiger partial charge in [-0.2, -0.15) is 4.31 Å². The number of nitrogens with zero attached hydrogens (tertiary/aromatic N) is 2. The van der Waals surface area contributed by atoms with Gasteiger partial charge in [-0.15, -0.1) is 11.3 Å². The Bertz CT molecular complexity index is 1460. The molecule has 0 radical (unpaired) electrons. The van der Waals surface area contributed by atoms with E-state index in [0.717, 1.165) is 30.2 Å². The van der Waals surface area contributed by atoms with Crippen LogP contribution in [-0.2, 0) is 24.3 Å². The highest BCUT2D eigenvalue weighted by molar-refractivity contribution is 7.89. The molecule has 0 aliphatic carbocycles. The largest absolute Gasteiger partial charge is 0.497 e. The second-order valence-electron chi connectivity index (χ2n) is 10.1. The van der Waals surface area contributed by atoms with E-state index in [1.165, 1.54) is 28.2 Å². The number of hydrogen-bond donors (Lipinski definition) is 1. The van der Waals surface area contributed by atoms with Crippen LogP contribution in [0.5, 0.6) is 5.75 Å². The number of aliphatic hydroxyl groups is 1. The molecule has 0 unspecified atom stereocenters. The summed E-state index contributed by atoms with van der Waals surface area (Å²) in [4.78, 5) is 15.4. The van der Waals surface area contributed by atoms with Gasteiger partial charge >= 0.3 is 0 Å². The molecule has 9 nitrogen and oxygen atoms in total. The van der Waals surface area contributed by atoms with Crippen molar-refractivity contribution in [1.29, 1.82) is 0 Å². The number of allylic oxidation sites excluding steroid dienone is 1. The number of hydrogen-bond acceptors (Lipinski definition) is 8. The average molecular weight is 601 g/mol. The smallest absolute Gasteiger partial charge is 0.288 e. The summed E-state index contributed by atoms with van der Waals surface area (Å²) < 4.78 is 46.3. The molecule has 41 heavy (non-hydrogen) atoms. The van der Waals surface area contributed by atoms with Gasteiger partial charge in [-0.3, -0.25) is 4.79 Å². The Kier molecular flexibility index (Phi) is 9.61. The molecule has 0 spiro atoms. The zero-order chi connectivity index (χ0) is 28.8. The number of aliphatic hydroxyl groups excluding tert-OH is 1. The van der Waals surface area contributed by atoms with Gasteiger partial charge in [0.05, 0.1) is 25.2 Å². The van der Waals surface area contributed by atoms with Crippen molar-refractivity contribution in [3.8, 4) is 5.75 Å². The maximum Gasteiger partial charge on any atom is 0.288 e. The first-order valence-corrected chi connectivity index (χ1v) is 16.2. The molecule has 2 atom stereocenters. The Hall–Kier alpha value is -2.96. The number of likely N-dealkylation sites (tertiary alicyclic amines) is 1. The Labute approximate surface area is 245 Å². The zero-order valence-corrected chi connectivity index (χ0v) is 24.7. The number of thiophene rings is 1. The Balaban J connectivity index is 1.32. The molecule has 220 valence electrons. The van der Waals surface area contributed by atoms with Gasteiger partial charge in [0, 0.05) is 43.2 Å². The summed E-state index contributed by atoms with van der Waals surface area (Å²) in [5, 5.41) is 12.9. The van der Waals surface area contributed by atoms with E-state index in [2.05, 4.69) is 17.5 Å². The summed E-state index contributed by atoms with van der Waals surface area (Å²) in [5.74, 6) is 0.601. The molecule has 2 aromatic carbocycles. The third-order valence-corrected chi connectivity index (χ3v) is 10.4. The summed E-state index contributed by atoms with van der Waals surface area (Å²) in [6.45, 7) is 1.04. The maximum atomic E-state index is 13.4. The van der Waals surface area contributed by atoms with Crippen LogP contribution in [-0.4, -0.2) is 81.4 Å². The average Bonchev–Trinajstić information content (AvgIpc) is 3.45. The van der Waals surface area contributed by atoms with Gasteiger partial charge in [0.2, 0.25) is 16.3 Å². The van der Waals surface area contributed by atoms with Crippen LogP contribution in [0.25, 0.3) is 10.1 Å². The van der Waals surface area contributed by atoms with Gasteiger partial charge in [0.25, 0.3) is 5.91 Å². The number of ether oxygens (including phenoxy) is 3. The molecule has 3 aromatic rings.